The molecule has 2 aromatic carbocycles. The molecule has 0 atom stereocenters. The number of benzene rings is 2. The summed E-state index contributed by atoms with van der Waals surface area (Å²) in [4.78, 5) is 22.1. The van der Waals surface area contributed by atoms with E-state index in [4.69, 9.17) is 9.84 Å². The predicted molar refractivity (Wildman–Crippen MR) is 81.2 cm³/mol. The van der Waals surface area contributed by atoms with E-state index in [1.807, 2.05) is 24.3 Å². The zero-order valence-electron chi connectivity index (χ0n) is 11.7. The van der Waals surface area contributed by atoms with E-state index >= 15 is 0 Å². The first-order chi connectivity index (χ1) is 10.1. The lowest BCUT2D eigenvalue weighted by Crippen LogP contribution is -2.01. The number of carboxylic acids is 1. The number of carbonyl (C=O) groups excluding carboxylic acids is 1. The van der Waals surface area contributed by atoms with Crippen LogP contribution in [0.4, 0.5) is 0 Å². The maximum atomic E-state index is 11.2. The van der Waals surface area contributed by atoms with Gasteiger partial charge in [-0.25, -0.2) is 4.79 Å². The van der Waals surface area contributed by atoms with E-state index in [2.05, 4.69) is 0 Å². The van der Waals surface area contributed by atoms with Crippen molar-refractivity contribution in [2.75, 3.05) is 6.61 Å². The highest BCUT2D eigenvalue weighted by molar-refractivity contribution is 5.95. The Morgan fingerprint density at radius 3 is 2.57 bits per heavy atom. The molecule has 0 aliphatic heterocycles. The third-order valence-electron chi connectivity index (χ3n) is 3.01. The van der Waals surface area contributed by atoms with Crippen LogP contribution in [0, 0.1) is 0 Å². The fourth-order valence-electron chi connectivity index (χ4n) is 2.01. The van der Waals surface area contributed by atoms with Crippen LogP contribution < -0.4 is 0 Å². The van der Waals surface area contributed by atoms with Crippen molar-refractivity contribution in [3.63, 3.8) is 0 Å². The van der Waals surface area contributed by atoms with Gasteiger partial charge >= 0.3 is 11.9 Å². The molecule has 0 amide bonds. The normalized spacial score (nSPS) is 10.9. The van der Waals surface area contributed by atoms with E-state index in [0.29, 0.717) is 6.61 Å². The van der Waals surface area contributed by atoms with Gasteiger partial charge in [0.25, 0.3) is 0 Å². The molecule has 0 fully saturated rings. The second-order valence-corrected chi connectivity index (χ2v) is 4.54. The van der Waals surface area contributed by atoms with E-state index in [1.54, 1.807) is 31.2 Å². The first kappa shape index (κ1) is 14.8. The van der Waals surface area contributed by atoms with Gasteiger partial charge < -0.3 is 9.84 Å². The molecule has 0 bridgehead atoms. The van der Waals surface area contributed by atoms with Crippen LogP contribution in [-0.2, 0) is 9.53 Å². The standard InChI is InChI=1S/C17H16O4/c1-2-21-16(18)5-3-4-12-6-7-14-11-15(17(19)20)9-8-13(14)10-12/h3-4,6-11H,2,5H2,1H3,(H,19,20). The van der Waals surface area contributed by atoms with Gasteiger partial charge in [0.05, 0.1) is 18.6 Å². The van der Waals surface area contributed by atoms with Crippen LogP contribution in [0.5, 0.6) is 0 Å². The Hall–Kier alpha value is -2.62. The molecule has 108 valence electrons. The zero-order valence-corrected chi connectivity index (χ0v) is 11.7. The second kappa shape index (κ2) is 6.70. The molecule has 0 heterocycles. The summed E-state index contributed by atoms with van der Waals surface area (Å²) in [5.74, 6) is -1.18. The monoisotopic (exact) mass is 284 g/mol. The SMILES string of the molecule is CCOC(=O)CC=Cc1ccc2cc(C(=O)O)ccc2c1. The van der Waals surface area contributed by atoms with Crippen molar-refractivity contribution < 1.29 is 19.4 Å². The topological polar surface area (TPSA) is 63.6 Å². The van der Waals surface area contributed by atoms with Crippen LogP contribution in [0.3, 0.4) is 0 Å². The van der Waals surface area contributed by atoms with Crippen LogP contribution in [0.25, 0.3) is 16.8 Å². The third-order valence-corrected chi connectivity index (χ3v) is 3.01. The lowest BCUT2D eigenvalue weighted by Gasteiger charge is -2.02. The Bertz CT molecular complexity index is 701. The van der Waals surface area contributed by atoms with Crippen molar-refractivity contribution in [1.82, 2.24) is 0 Å². The average molecular weight is 284 g/mol. The minimum absolute atomic E-state index is 0.240. The van der Waals surface area contributed by atoms with E-state index in [-0.39, 0.29) is 18.0 Å². The molecular formula is C17H16O4. The van der Waals surface area contributed by atoms with Gasteiger partial charge in [0.15, 0.2) is 0 Å². The molecule has 0 radical (unpaired) electrons. The van der Waals surface area contributed by atoms with Crippen LogP contribution in [0.1, 0.15) is 29.3 Å². The van der Waals surface area contributed by atoms with Crippen LogP contribution >= 0.6 is 0 Å². The first-order valence-electron chi connectivity index (χ1n) is 6.69. The molecule has 4 heteroatoms. The molecule has 0 aliphatic carbocycles. The number of esters is 1. The lowest BCUT2D eigenvalue weighted by molar-refractivity contribution is -0.142. The van der Waals surface area contributed by atoms with Gasteiger partial charge in [-0.15, -0.1) is 0 Å². The maximum absolute atomic E-state index is 11.2. The van der Waals surface area contributed by atoms with Crippen LogP contribution in [-0.4, -0.2) is 23.7 Å². The molecule has 2 rings (SSSR count). The average Bonchev–Trinajstić information content (AvgIpc) is 2.46. The molecule has 1 N–H and O–H groups in total. The molecule has 0 saturated carbocycles. The minimum atomic E-state index is -0.935. The molecule has 0 spiro atoms. The van der Waals surface area contributed by atoms with Gasteiger partial charge in [-0.1, -0.05) is 30.4 Å². The van der Waals surface area contributed by atoms with Gasteiger partial charge in [-0.3, -0.25) is 4.79 Å². The molecule has 0 saturated heterocycles. The van der Waals surface area contributed by atoms with Gasteiger partial charge in [-0.2, -0.15) is 0 Å². The first-order valence-corrected chi connectivity index (χ1v) is 6.69. The van der Waals surface area contributed by atoms with Crippen molar-refractivity contribution in [3.8, 4) is 0 Å². The largest absolute Gasteiger partial charge is 0.478 e. The summed E-state index contributed by atoms with van der Waals surface area (Å²) < 4.78 is 4.84. The second-order valence-electron chi connectivity index (χ2n) is 4.54. The molecule has 4 nitrogen and oxygen atoms in total. The fraction of sp³-hybridized carbons (Fsp3) is 0.176. The third kappa shape index (κ3) is 3.92. The number of rotatable bonds is 5. The van der Waals surface area contributed by atoms with Crippen molar-refractivity contribution in [2.45, 2.75) is 13.3 Å². The summed E-state index contributed by atoms with van der Waals surface area (Å²) in [6.45, 7) is 2.16. The highest BCUT2D eigenvalue weighted by atomic mass is 16.5. The summed E-state index contributed by atoms with van der Waals surface area (Å²) in [6, 6.07) is 10.7. The number of carbonyl (C=O) groups is 2. The minimum Gasteiger partial charge on any atom is -0.478 e. The molecule has 0 aromatic heterocycles. The van der Waals surface area contributed by atoms with E-state index < -0.39 is 5.97 Å². The summed E-state index contributed by atoms with van der Waals surface area (Å²) >= 11 is 0. The fourth-order valence-corrected chi connectivity index (χ4v) is 2.01. The highest BCUT2D eigenvalue weighted by Crippen LogP contribution is 2.19. The number of fused-ring (bicyclic) bond motifs is 1. The number of ether oxygens (including phenoxy) is 1. The Kier molecular flexibility index (Phi) is 4.72. The number of aromatic carboxylic acids is 1. The van der Waals surface area contributed by atoms with Crippen molar-refractivity contribution in [1.29, 1.82) is 0 Å². The smallest absolute Gasteiger partial charge is 0.335 e. The molecule has 21 heavy (non-hydrogen) atoms. The van der Waals surface area contributed by atoms with Crippen LogP contribution in [0.2, 0.25) is 0 Å². The van der Waals surface area contributed by atoms with Gasteiger partial charge in [0, 0.05) is 0 Å². The van der Waals surface area contributed by atoms with Gasteiger partial charge in [0.2, 0.25) is 0 Å². The Labute approximate surface area is 122 Å². The summed E-state index contributed by atoms with van der Waals surface area (Å²) in [6.07, 6.45) is 3.84. The molecular weight excluding hydrogens is 268 g/mol. The predicted octanol–water partition coefficient (Wildman–Crippen LogP) is 3.50. The van der Waals surface area contributed by atoms with Gasteiger partial charge in [0.1, 0.15) is 0 Å². The van der Waals surface area contributed by atoms with E-state index in [0.717, 1.165) is 16.3 Å². The van der Waals surface area contributed by atoms with E-state index in [1.165, 1.54) is 0 Å². The Balaban J connectivity index is 2.16. The number of hydrogen-bond donors (Lipinski definition) is 1. The van der Waals surface area contributed by atoms with E-state index in [9.17, 15) is 9.59 Å². The summed E-state index contributed by atoms with van der Waals surface area (Å²) in [7, 11) is 0. The number of hydrogen-bond acceptors (Lipinski definition) is 3. The Morgan fingerprint density at radius 1 is 1.14 bits per heavy atom. The highest BCUT2D eigenvalue weighted by Gasteiger charge is 2.03. The molecule has 0 unspecified atom stereocenters. The zero-order chi connectivity index (χ0) is 15.2. The van der Waals surface area contributed by atoms with Crippen molar-refractivity contribution in [3.05, 3.63) is 53.6 Å². The van der Waals surface area contributed by atoms with Crippen molar-refractivity contribution in [2.24, 2.45) is 0 Å². The summed E-state index contributed by atoms with van der Waals surface area (Å²) in [5, 5.41) is 10.8. The summed E-state index contributed by atoms with van der Waals surface area (Å²) in [5.41, 5.74) is 1.22. The van der Waals surface area contributed by atoms with Crippen molar-refractivity contribution >= 4 is 28.8 Å². The quantitative estimate of drug-likeness (QED) is 0.853. The van der Waals surface area contributed by atoms with Gasteiger partial charge in [-0.05, 0) is 41.5 Å². The molecule has 0 aliphatic rings. The molecule has 2 aromatic rings. The number of carboxylic acid groups (broad SMARTS) is 1. The Morgan fingerprint density at radius 2 is 1.86 bits per heavy atom. The lowest BCUT2D eigenvalue weighted by atomic mass is 10.0. The maximum Gasteiger partial charge on any atom is 0.335 e. The van der Waals surface area contributed by atoms with Crippen LogP contribution in [0.15, 0.2) is 42.5 Å².